The van der Waals surface area contributed by atoms with Gasteiger partial charge in [0.25, 0.3) is 0 Å². The topological polar surface area (TPSA) is 57.6 Å². The van der Waals surface area contributed by atoms with Gasteiger partial charge in [-0.25, -0.2) is 4.98 Å². The summed E-state index contributed by atoms with van der Waals surface area (Å²) in [5.41, 5.74) is 2.62. The summed E-state index contributed by atoms with van der Waals surface area (Å²) in [5, 5.41) is 16.5. The van der Waals surface area contributed by atoms with E-state index in [2.05, 4.69) is 24.1 Å². The summed E-state index contributed by atoms with van der Waals surface area (Å²) in [6, 6.07) is 11.5. The van der Waals surface area contributed by atoms with E-state index in [0.717, 1.165) is 59.3 Å². The Hall–Kier alpha value is -2.08. The van der Waals surface area contributed by atoms with Crippen LogP contribution < -0.4 is 10.1 Å². The predicted molar refractivity (Wildman–Crippen MR) is 118 cm³/mol. The molecule has 0 aliphatic heterocycles. The van der Waals surface area contributed by atoms with E-state index < -0.39 is 6.10 Å². The molecule has 2 N–H and O–H groups in total. The lowest BCUT2D eigenvalue weighted by atomic mass is 10.1. The van der Waals surface area contributed by atoms with Crippen LogP contribution in [-0.2, 0) is 0 Å². The lowest BCUT2D eigenvalue weighted by molar-refractivity contribution is 0.154. The number of aliphatic hydroxyl groups excluding tert-OH is 1. The van der Waals surface area contributed by atoms with Crippen molar-refractivity contribution < 1.29 is 9.84 Å². The number of nitrogens with one attached hydrogen (secondary N) is 1. The Kier molecular flexibility index (Phi) is 6.94. The van der Waals surface area contributed by atoms with Crippen LogP contribution in [0, 0.1) is 0 Å². The average Bonchev–Trinajstić information content (AvgIpc) is 2.71. The molecule has 0 spiro atoms. The van der Waals surface area contributed by atoms with Crippen molar-refractivity contribution in [2.45, 2.75) is 26.4 Å². The lowest BCUT2D eigenvalue weighted by Crippen LogP contribution is -2.29. The molecule has 5 nitrogen and oxygen atoms in total. The first-order valence-corrected chi connectivity index (χ1v) is 10.1. The van der Waals surface area contributed by atoms with E-state index in [4.69, 9.17) is 21.3 Å². The monoisotopic (exact) mass is 401 g/mol. The molecule has 1 unspecified atom stereocenters. The number of ether oxygens (including phenoxy) is 1. The Morgan fingerprint density at radius 3 is 2.61 bits per heavy atom. The van der Waals surface area contributed by atoms with E-state index in [9.17, 15) is 5.11 Å². The molecular formula is C22H28ClN3O2. The van der Waals surface area contributed by atoms with Crippen molar-refractivity contribution in [2.24, 2.45) is 0 Å². The summed E-state index contributed by atoms with van der Waals surface area (Å²) in [6.45, 7) is 7.63. The highest BCUT2D eigenvalue weighted by Crippen LogP contribution is 2.34. The van der Waals surface area contributed by atoms with Gasteiger partial charge in [-0.2, -0.15) is 0 Å². The summed E-state index contributed by atoms with van der Waals surface area (Å²) in [7, 11) is 1.65. The number of pyridine rings is 1. The summed E-state index contributed by atoms with van der Waals surface area (Å²) in [4.78, 5) is 7.05. The zero-order valence-corrected chi connectivity index (χ0v) is 17.5. The highest BCUT2D eigenvalue weighted by molar-refractivity contribution is 6.31. The number of fused-ring (bicyclic) bond motifs is 2. The first-order chi connectivity index (χ1) is 13.5. The van der Waals surface area contributed by atoms with Gasteiger partial charge in [0.05, 0.1) is 29.9 Å². The van der Waals surface area contributed by atoms with Crippen molar-refractivity contribution in [3.63, 3.8) is 0 Å². The molecule has 0 fully saturated rings. The number of benzene rings is 2. The minimum Gasteiger partial charge on any atom is -0.497 e. The molecule has 0 radical (unpaired) electrons. The van der Waals surface area contributed by atoms with Crippen molar-refractivity contribution >= 4 is 39.1 Å². The molecular weight excluding hydrogens is 374 g/mol. The first-order valence-electron chi connectivity index (χ1n) is 9.77. The average molecular weight is 402 g/mol. The van der Waals surface area contributed by atoms with Crippen molar-refractivity contribution in [2.75, 3.05) is 38.6 Å². The van der Waals surface area contributed by atoms with Crippen molar-refractivity contribution in [1.29, 1.82) is 0 Å². The van der Waals surface area contributed by atoms with Crippen molar-refractivity contribution in [3.8, 4) is 5.75 Å². The predicted octanol–water partition coefficient (Wildman–Crippen LogP) is 4.55. The van der Waals surface area contributed by atoms with Gasteiger partial charge < -0.3 is 20.1 Å². The van der Waals surface area contributed by atoms with Crippen LogP contribution in [0.3, 0.4) is 0 Å². The fraction of sp³-hybridized carbons (Fsp3) is 0.409. The van der Waals surface area contributed by atoms with Crippen LogP contribution in [0.4, 0.5) is 5.69 Å². The second-order valence-corrected chi connectivity index (χ2v) is 7.32. The van der Waals surface area contributed by atoms with Crippen LogP contribution in [0.5, 0.6) is 5.75 Å². The van der Waals surface area contributed by atoms with Gasteiger partial charge in [-0.15, -0.1) is 0 Å². The van der Waals surface area contributed by atoms with Crippen LogP contribution in [-0.4, -0.2) is 54.4 Å². The molecule has 1 heterocycles. The van der Waals surface area contributed by atoms with Crippen LogP contribution >= 0.6 is 11.6 Å². The highest BCUT2D eigenvalue weighted by atomic mass is 35.5. The molecule has 3 rings (SSSR count). The van der Waals surface area contributed by atoms with Crippen LogP contribution in [0.25, 0.3) is 21.8 Å². The fourth-order valence-electron chi connectivity index (χ4n) is 3.41. The molecule has 150 valence electrons. The highest BCUT2D eigenvalue weighted by Gasteiger charge is 2.13. The number of anilines is 1. The molecule has 3 aromatic rings. The van der Waals surface area contributed by atoms with Crippen LogP contribution in [0.15, 0.2) is 36.4 Å². The number of methoxy groups -OCH3 is 1. The van der Waals surface area contributed by atoms with E-state index in [1.807, 2.05) is 36.4 Å². The molecule has 0 saturated carbocycles. The van der Waals surface area contributed by atoms with Crippen LogP contribution in [0.1, 0.15) is 20.3 Å². The molecule has 0 aliphatic rings. The second kappa shape index (κ2) is 9.41. The largest absolute Gasteiger partial charge is 0.497 e. The van der Waals surface area contributed by atoms with E-state index in [0.29, 0.717) is 11.6 Å². The normalized spacial score (nSPS) is 12.6. The number of nitrogens with zero attached hydrogens (tertiary/aromatic N) is 2. The maximum absolute atomic E-state index is 10.5. The lowest BCUT2D eigenvalue weighted by Gasteiger charge is -2.21. The molecule has 0 bridgehead atoms. The Morgan fingerprint density at radius 2 is 1.89 bits per heavy atom. The third kappa shape index (κ3) is 4.66. The van der Waals surface area contributed by atoms with Crippen LogP contribution in [0.2, 0.25) is 5.02 Å². The zero-order chi connectivity index (χ0) is 20.1. The number of hydrogen-bond donors (Lipinski definition) is 2. The van der Waals surface area contributed by atoms with Gasteiger partial charge in [0.1, 0.15) is 5.75 Å². The smallest absolute Gasteiger partial charge is 0.119 e. The molecule has 1 atom stereocenters. The van der Waals surface area contributed by atoms with Gasteiger partial charge in [-0.3, -0.25) is 0 Å². The molecule has 0 amide bonds. The Morgan fingerprint density at radius 1 is 1.11 bits per heavy atom. The Bertz CT molecular complexity index is 944. The Balaban J connectivity index is 1.90. The van der Waals surface area contributed by atoms with Gasteiger partial charge >= 0.3 is 0 Å². The quantitative estimate of drug-likeness (QED) is 0.515. The van der Waals surface area contributed by atoms with Gasteiger partial charge in [0, 0.05) is 28.9 Å². The van der Waals surface area contributed by atoms with E-state index in [-0.39, 0.29) is 0 Å². The maximum Gasteiger partial charge on any atom is 0.119 e. The van der Waals surface area contributed by atoms with E-state index >= 15 is 0 Å². The summed E-state index contributed by atoms with van der Waals surface area (Å²) in [5.74, 6) is 0.771. The minimum absolute atomic E-state index is 0.434. The molecule has 28 heavy (non-hydrogen) atoms. The summed E-state index contributed by atoms with van der Waals surface area (Å²) in [6.07, 6.45) is 0.293. The van der Waals surface area contributed by atoms with E-state index in [1.165, 1.54) is 0 Å². The SMILES string of the molecule is CCN(CC)CCC(O)CNc1c2ccc(Cl)cc2nc2ccc(OC)cc12. The second-order valence-electron chi connectivity index (χ2n) is 6.88. The Labute approximate surface area is 171 Å². The molecule has 6 heteroatoms. The van der Waals surface area contributed by atoms with E-state index in [1.54, 1.807) is 7.11 Å². The number of aromatic nitrogens is 1. The van der Waals surface area contributed by atoms with Crippen molar-refractivity contribution in [3.05, 3.63) is 41.4 Å². The summed E-state index contributed by atoms with van der Waals surface area (Å²) >= 11 is 6.17. The van der Waals surface area contributed by atoms with Gasteiger partial charge in [0.2, 0.25) is 0 Å². The molecule has 2 aromatic carbocycles. The third-order valence-corrected chi connectivity index (χ3v) is 5.37. The van der Waals surface area contributed by atoms with Gasteiger partial charge in [-0.05, 0) is 55.9 Å². The minimum atomic E-state index is -0.434. The third-order valence-electron chi connectivity index (χ3n) is 5.13. The fourth-order valence-corrected chi connectivity index (χ4v) is 3.57. The molecule has 1 aromatic heterocycles. The van der Waals surface area contributed by atoms with Gasteiger partial charge in [0.15, 0.2) is 0 Å². The number of rotatable bonds is 9. The number of aliphatic hydroxyl groups is 1. The van der Waals surface area contributed by atoms with Crippen molar-refractivity contribution in [1.82, 2.24) is 9.88 Å². The maximum atomic E-state index is 10.5. The molecule has 0 saturated heterocycles. The van der Waals surface area contributed by atoms with Gasteiger partial charge in [-0.1, -0.05) is 25.4 Å². The number of hydrogen-bond acceptors (Lipinski definition) is 5. The molecule has 0 aliphatic carbocycles. The first kappa shape index (κ1) is 20.6. The zero-order valence-electron chi connectivity index (χ0n) is 16.7. The number of halogens is 1. The standard InChI is InChI=1S/C22H28ClN3O2/c1-4-26(5-2)11-10-16(27)14-24-22-18-8-6-15(23)12-21(18)25-20-9-7-17(28-3)13-19(20)22/h6-9,12-13,16,27H,4-5,10-11,14H2,1-3H3,(H,24,25). The summed E-state index contributed by atoms with van der Waals surface area (Å²) < 4.78 is 5.39.